The molecule has 27 heavy (non-hydrogen) atoms. The third-order valence-electron chi connectivity index (χ3n) is 5.20. The highest BCUT2D eigenvalue weighted by Gasteiger charge is 2.40. The van der Waals surface area contributed by atoms with E-state index in [1.54, 1.807) is 28.0 Å². The lowest BCUT2D eigenvalue weighted by Gasteiger charge is -2.39. The molecular formula is C20H27N3O3S. The molecule has 146 valence electrons. The van der Waals surface area contributed by atoms with E-state index in [9.17, 15) is 8.42 Å². The van der Waals surface area contributed by atoms with Gasteiger partial charge in [-0.3, -0.25) is 4.99 Å². The SMILES string of the molecule is CN=C(NCc1c(OC)ccc2ccccc12)N1CCS(=O)(=O)C(C)(C)C1. The van der Waals surface area contributed by atoms with E-state index in [0.29, 0.717) is 25.6 Å². The van der Waals surface area contributed by atoms with Crippen LogP contribution >= 0.6 is 0 Å². The first-order chi connectivity index (χ1) is 12.8. The number of fused-ring (bicyclic) bond motifs is 1. The lowest BCUT2D eigenvalue weighted by atomic mass is 10.0. The van der Waals surface area contributed by atoms with Gasteiger partial charge in [0, 0.05) is 32.2 Å². The topological polar surface area (TPSA) is 71.0 Å². The number of ether oxygens (including phenoxy) is 1. The maximum Gasteiger partial charge on any atom is 0.193 e. The van der Waals surface area contributed by atoms with Gasteiger partial charge in [0.1, 0.15) is 5.75 Å². The first-order valence-corrected chi connectivity index (χ1v) is 10.7. The molecule has 0 saturated carbocycles. The standard InChI is InChI=1S/C20H27N3O3S/c1-20(2)14-23(11-12-27(20,24)25)19(21-3)22-13-17-16-8-6-5-7-15(16)9-10-18(17)26-4/h5-10H,11-14H2,1-4H3,(H,21,22). The molecule has 2 aromatic carbocycles. The fourth-order valence-electron chi connectivity index (χ4n) is 3.51. The average molecular weight is 390 g/mol. The van der Waals surface area contributed by atoms with Crippen LogP contribution in [-0.2, 0) is 16.4 Å². The Morgan fingerprint density at radius 3 is 2.67 bits per heavy atom. The molecule has 1 fully saturated rings. The van der Waals surface area contributed by atoms with Crippen molar-refractivity contribution in [3.8, 4) is 5.75 Å². The molecule has 0 unspecified atom stereocenters. The minimum absolute atomic E-state index is 0.137. The molecule has 0 radical (unpaired) electrons. The summed E-state index contributed by atoms with van der Waals surface area (Å²) in [6, 6.07) is 12.2. The van der Waals surface area contributed by atoms with Gasteiger partial charge in [-0.15, -0.1) is 0 Å². The minimum Gasteiger partial charge on any atom is -0.496 e. The molecule has 1 aliphatic rings. The Bertz CT molecular complexity index is 968. The average Bonchev–Trinajstić information content (AvgIpc) is 2.64. The number of rotatable bonds is 3. The van der Waals surface area contributed by atoms with Gasteiger partial charge in [-0.25, -0.2) is 8.42 Å². The maximum atomic E-state index is 12.3. The summed E-state index contributed by atoms with van der Waals surface area (Å²) in [5, 5.41) is 5.66. The molecular weight excluding hydrogens is 362 g/mol. The number of benzene rings is 2. The van der Waals surface area contributed by atoms with Crippen LogP contribution < -0.4 is 10.1 Å². The van der Waals surface area contributed by atoms with Gasteiger partial charge >= 0.3 is 0 Å². The quantitative estimate of drug-likeness (QED) is 0.645. The number of methoxy groups -OCH3 is 1. The van der Waals surface area contributed by atoms with Gasteiger partial charge in [0.15, 0.2) is 15.8 Å². The molecule has 1 saturated heterocycles. The first-order valence-electron chi connectivity index (χ1n) is 9.01. The summed E-state index contributed by atoms with van der Waals surface area (Å²) in [5.41, 5.74) is 1.06. The fourth-order valence-corrected chi connectivity index (χ4v) is 4.88. The predicted molar refractivity (Wildman–Crippen MR) is 110 cm³/mol. The molecule has 1 aliphatic heterocycles. The van der Waals surface area contributed by atoms with Crippen molar-refractivity contribution < 1.29 is 13.2 Å². The highest BCUT2D eigenvalue weighted by molar-refractivity contribution is 7.92. The third kappa shape index (κ3) is 3.74. The zero-order valence-electron chi connectivity index (χ0n) is 16.3. The Morgan fingerprint density at radius 1 is 1.26 bits per heavy atom. The van der Waals surface area contributed by atoms with Crippen LogP contribution in [0.4, 0.5) is 0 Å². The second-order valence-corrected chi connectivity index (χ2v) is 10.1. The van der Waals surface area contributed by atoms with Crippen molar-refractivity contribution in [1.29, 1.82) is 0 Å². The van der Waals surface area contributed by atoms with Crippen LogP contribution in [0.3, 0.4) is 0 Å². The number of aliphatic imine (C=N–C) groups is 1. The Morgan fingerprint density at radius 2 is 2.00 bits per heavy atom. The van der Waals surface area contributed by atoms with Crippen molar-refractivity contribution in [2.75, 3.05) is 33.0 Å². The lowest BCUT2D eigenvalue weighted by molar-refractivity contribution is 0.352. The summed E-state index contributed by atoms with van der Waals surface area (Å²) in [7, 11) is 0.301. The van der Waals surface area contributed by atoms with Gasteiger partial charge < -0.3 is 15.0 Å². The molecule has 2 aromatic rings. The van der Waals surface area contributed by atoms with E-state index in [1.807, 2.05) is 29.2 Å². The summed E-state index contributed by atoms with van der Waals surface area (Å²) < 4.78 is 29.3. The van der Waals surface area contributed by atoms with Gasteiger partial charge in [0.05, 0.1) is 17.6 Å². The van der Waals surface area contributed by atoms with Gasteiger partial charge in [0.2, 0.25) is 0 Å². The van der Waals surface area contributed by atoms with Crippen molar-refractivity contribution in [3.05, 3.63) is 42.0 Å². The minimum atomic E-state index is -3.09. The summed E-state index contributed by atoms with van der Waals surface area (Å²) in [6.45, 7) is 4.95. The van der Waals surface area contributed by atoms with Crippen LogP contribution in [0.2, 0.25) is 0 Å². The van der Waals surface area contributed by atoms with Crippen LogP contribution in [-0.4, -0.2) is 57.0 Å². The Balaban J connectivity index is 1.83. The molecule has 3 rings (SSSR count). The molecule has 1 N–H and O–H groups in total. The van der Waals surface area contributed by atoms with E-state index in [0.717, 1.165) is 22.1 Å². The van der Waals surface area contributed by atoms with Gasteiger partial charge in [-0.1, -0.05) is 30.3 Å². The van der Waals surface area contributed by atoms with Crippen molar-refractivity contribution >= 4 is 26.6 Å². The van der Waals surface area contributed by atoms with E-state index in [4.69, 9.17) is 4.74 Å². The van der Waals surface area contributed by atoms with Crippen molar-refractivity contribution in [2.24, 2.45) is 4.99 Å². The number of hydrogen-bond acceptors (Lipinski definition) is 4. The molecule has 6 nitrogen and oxygen atoms in total. The summed E-state index contributed by atoms with van der Waals surface area (Å²) in [6.07, 6.45) is 0. The lowest BCUT2D eigenvalue weighted by Crippen LogP contribution is -2.57. The van der Waals surface area contributed by atoms with Crippen LogP contribution in [0.1, 0.15) is 19.4 Å². The predicted octanol–water partition coefficient (Wildman–Crippen LogP) is 2.43. The molecule has 1 heterocycles. The van der Waals surface area contributed by atoms with E-state index < -0.39 is 14.6 Å². The fraction of sp³-hybridized carbons (Fsp3) is 0.450. The van der Waals surface area contributed by atoms with Crippen LogP contribution in [0, 0.1) is 0 Å². The van der Waals surface area contributed by atoms with Crippen molar-refractivity contribution in [3.63, 3.8) is 0 Å². The van der Waals surface area contributed by atoms with Crippen LogP contribution in [0.5, 0.6) is 5.75 Å². The molecule has 0 spiro atoms. The summed E-state index contributed by atoms with van der Waals surface area (Å²) in [5.74, 6) is 1.66. The second kappa shape index (κ2) is 7.38. The summed E-state index contributed by atoms with van der Waals surface area (Å²) in [4.78, 5) is 6.38. The zero-order chi connectivity index (χ0) is 19.7. The van der Waals surface area contributed by atoms with Crippen molar-refractivity contribution in [2.45, 2.75) is 25.1 Å². The van der Waals surface area contributed by atoms with Crippen LogP contribution in [0.15, 0.2) is 41.4 Å². The molecule has 0 atom stereocenters. The number of hydrogen-bond donors (Lipinski definition) is 1. The number of nitrogens with one attached hydrogen (secondary N) is 1. The van der Waals surface area contributed by atoms with E-state index in [2.05, 4.69) is 22.4 Å². The van der Waals surface area contributed by atoms with Crippen molar-refractivity contribution in [1.82, 2.24) is 10.2 Å². The normalized spacial score (nSPS) is 19.1. The highest BCUT2D eigenvalue weighted by Crippen LogP contribution is 2.28. The molecule has 0 bridgehead atoms. The molecule has 0 amide bonds. The second-order valence-electron chi connectivity index (χ2n) is 7.37. The number of sulfone groups is 1. The van der Waals surface area contributed by atoms with E-state index in [1.165, 1.54) is 0 Å². The van der Waals surface area contributed by atoms with Gasteiger partial charge in [-0.05, 0) is 30.7 Å². The van der Waals surface area contributed by atoms with Crippen LogP contribution in [0.25, 0.3) is 10.8 Å². The molecule has 7 heteroatoms. The first kappa shape index (κ1) is 19.5. The monoisotopic (exact) mass is 389 g/mol. The molecule has 0 aromatic heterocycles. The van der Waals surface area contributed by atoms with Gasteiger partial charge in [0.25, 0.3) is 0 Å². The number of nitrogens with zero attached hydrogens (tertiary/aromatic N) is 2. The third-order valence-corrected chi connectivity index (χ3v) is 7.73. The maximum absolute atomic E-state index is 12.3. The summed E-state index contributed by atoms with van der Waals surface area (Å²) >= 11 is 0. The largest absolute Gasteiger partial charge is 0.496 e. The number of guanidine groups is 1. The Labute approximate surface area is 161 Å². The zero-order valence-corrected chi connectivity index (χ0v) is 17.1. The van der Waals surface area contributed by atoms with E-state index >= 15 is 0 Å². The molecule has 0 aliphatic carbocycles. The van der Waals surface area contributed by atoms with Gasteiger partial charge in [-0.2, -0.15) is 0 Å². The van der Waals surface area contributed by atoms with E-state index in [-0.39, 0.29) is 5.75 Å². The smallest absolute Gasteiger partial charge is 0.193 e. The highest BCUT2D eigenvalue weighted by atomic mass is 32.2. The Hall–Kier alpha value is -2.28. The Kier molecular flexibility index (Phi) is 5.33.